The van der Waals surface area contributed by atoms with E-state index in [4.69, 9.17) is 4.74 Å². The highest BCUT2D eigenvalue weighted by atomic mass is 79.9. The van der Waals surface area contributed by atoms with Crippen LogP contribution in [0.2, 0.25) is 0 Å². The number of carbonyl (C=O) groups is 1. The lowest BCUT2D eigenvalue weighted by Crippen LogP contribution is -2.51. The average Bonchev–Trinajstić information content (AvgIpc) is 2.87. The lowest BCUT2D eigenvalue weighted by atomic mass is 9.98. The average molecular weight is 341 g/mol. The van der Waals surface area contributed by atoms with Gasteiger partial charge in [0.1, 0.15) is 5.75 Å². The monoisotopic (exact) mass is 340 g/mol. The summed E-state index contributed by atoms with van der Waals surface area (Å²) in [5.74, 6) is 0.853. The van der Waals surface area contributed by atoms with Crippen molar-refractivity contribution in [3.8, 4) is 5.75 Å². The molecule has 2 atom stereocenters. The first kappa shape index (κ1) is 15.3. The van der Waals surface area contributed by atoms with Crippen molar-refractivity contribution in [1.29, 1.82) is 0 Å². The molecule has 1 heterocycles. The van der Waals surface area contributed by atoms with Crippen LogP contribution < -0.4 is 15.4 Å². The second kappa shape index (κ2) is 6.14. The topological polar surface area (TPSA) is 50.4 Å². The molecule has 110 valence electrons. The first-order chi connectivity index (χ1) is 9.46. The highest BCUT2D eigenvalue weighted by Gasteiger charge is 2.36. The van der Waals surface area contributed by atoms with E-state index in [-0.39, 0.29) is 11.9 Å². The summed E-state index contributed by atoms with van der Waals surface area (Å²) >= 11 is 3.47. The van der Waals surface area contributed by atoms with E-state index in [1.807, 2.05) is 32.0 Å². The van der Waals surface area contributed by atoms with Crippen LogP contribution >= 0.6 is 15.9 Å². The molecule has 2 N–H and O–H groups in total. The zero-order valence-electron chi connectivity index (χ0n) is 12.1. The van der Waals surface area contributed by atoms with Crippen molar-refractivity contribution in [2.45, 2.75) is 38.3 Å². The number of hydrogen-bond acceptors (Lipinski definition) is 3. The summed E-state index contributed by atoms with van der Waals surface area (Å²) in [5, 5.41) is 6.36. The van der Waals surface area contributed by atoms with E-state index in [0.717, 1.165) is 35.2 Å². The second-order valence-electron chi connectivity index (χ2n) is 5.45. The molecule has 0 aromatic heterocycles. The molecule has 1 fully saturated rings. The molecule has 1 aromatic rings. The van der Waals surface area contributed by atoms with Crippen LogP contribution in [0.3, 0.4) is 0 Å². The third-order valence-corrected chi connectivity index (χ3v) is 4.51. The predicted molar refractivity (Wildman–Crippen MR) is 82.9 cm³/mol. The van der Waals surface area contributed by atoms with Crippen molar-refractivity contribution in [1.82, 2.24) is 10.6 Å². The molecule has 5 heteroatoms. The fourth-order valence-electron chi connectivity index (χ4n) is 2.48. The fraction of sp³-hybridized carbons (Fsp3) is 0.533. The number of ether oxygens (including phenoxy) is 1. The SMILES string of the molecule is COc1ccc(C(C)NC(=O)C2(C)CCCN2)cc1Br. The van der Waals surface area contributed by atoms with Crippen molar-refractivity contribution in [3.63, 3.8) is 0 Å². The van der Waals surface area contributed by atoms with Crippen LogP contribution in [0.4, 0.5) is 0 Å². The molecule has 0 spiro atoms. The van der Waals surface area contributed by atoms with Gasteiger partial charge < -0.3 is 15.4 Å². The summed E-state index contributed by atoms with van der Waals surface area (Å²) in [7, 11) is 1.64. The van der Waals surface area contributed by atoms with Crippen LogP contribution in [0.1, 0.15) is 38.3 Å². The molecule has 1 saturated heterocycles. The van der Waals surface area contributed by atoms with Crippen LogP contribution in [-0.2, 0) is 4.79 Å². The lowest BCUT2D eigenvalue weighted by Gasteiger charge is -2.26. The Bertz CT molecular complexity index is 499. The number of methoxy groups -OCH3 is 1. The Morgan fingerprint density at radius 3 is 2.85 bits per heavy atom. The Balaban J connectivity index is 2.06. The number of halogens is 1. The van der Waals surface area contributed by atoms with E-state index in [9.17, 15) is 4.79 Å². The molecule has 2 rings (SSSR count). The highest BCUT2D eigenvalue weighted by Crippen LogP contribution is 2.28. The minimum atomic E-state index is -0.433. The number of benzene rings is 1. The maximum absolute atomic E-state index is 12.3. The minimum Gasteiger partial charge on any atom is -0.496 e. The third-order valence-electron chi connectivity index (χ3n) is 3.89. The summed E-state index contributed by atoms with van der Waals surface area (Å²) in [6.07, 6.45) is 1.93. The molecular formula is C15H21BrN2O2. The molecule has 1 amide bonds. The second-order valence-corrected chi connectivity index (χ2v) is 6.31. The van der Waals surface area contributed by atoms with Gasteiger partial charge in [0.15, 0.2) is 0 Å². The molecule has 0 aliphatic carbocycles. The van der Waals surface area contributed by atoms with Gasteiger partial charge in [-0.1, -0.05) is 6.07 Å². The normalized spacial score (nSPS) is 23.4. The van der Waals surface area contributed by atoms with E-state index in [2.05, 4.69) is 26.6 Å². The quantitative estimate of drug-likeness (QED) is 0.885. The van der Waals surface area contributed by atoms with Gasteiger partial charge in [0.25, 0.3) is 0 Å². The van der Waals surface area contributed by atoms with Crippen molar-refractivity contribution in [2.24, 2.45) is 0 Å². The predicted octanol–water partition coefficient (Wildman–Crippen LogP) is 2.78. The van der Waals surface area contributed by atoms with E-state index in [0.29, 0.717) is 0 Å². The minimum absolute atomic E-state index is 0.0380. The molecule has 4 nitrogen and oxygen atoms in total. The molecule has 1 aliphatic rings. The van der Waals surface area contributed by atoms with Gasteiger partial charge in [-0.15, -0.1) is 0 Å². The molecule has 0 saturated carbocycles. The van der Waals surface area contributed by atoms with Gasteiger partial charge in [0.2, 0.25) is 5.91 Å². The summed E-state index contributed by atoms with van der Waals surface area (Å²) in [4.78, 5) is 12.3. The lowest BCUT2D eigenvalue weighted by molar-refractivity contribution is -0.127. The van der Waals surface area contributed by atoms with Gasteiger partial charge in [0, 0.05) is 0 Å². The summed E-state index contributed by atoms with van der Waals surface area (Å²) < 4.78 is 6.11. The van der Waals surface area contributed by atoms with E-state index >= 15 is 0 Å². The van der Waals surface area contributed by atoms with Gasteiger partial charge in [-0.25, -0.2) is 0 Å². The van der Waals surface area contributed by atoms with Gasteiger partial charge in [-0.3, -0.25) is 4.79 Å². The van der Waals surface area contributed by atoms with E-state index < -0.39 is 5.54 Å². The summed E-state index contributed by atoms with van der Waals surface area (Å²) in [6, 6.07) is 5.81. The third kappa shape index (κ3) is 3.15. The summed E-state index contributed by atoms with van der Waals surface area (Å²) in [5.41, 5.74) is 0.616. The maximum Gasteiger partial charge on any atom is 0.240 e. The van der Waals surface area contributed by atoms with Gasteiger partial charge in [-0.05, 0) is 66.9 Å². The van der Waals surface area contributed by atoms with Gasteiger partial charge in [-0.2, -0.15) is 0 Å². The van der Waals surface area contributed by atoms with Crippen LogP contribution in [0.25, 0.3) is 0 Å². The van der Waals surface area contributed by atoms with E-state index in [1.54, 1.807) is 7.11 Å². The number of nitrogens with one attached hydrogen (secondary N) is 2. The Kier molecular flexibility index (Phi) is 4.70. The molecule has 2 unspecified atom stereocenters. The molecular weight excluding hydrogens is 320 g/mol. The Hall–Kier alpha value is -1.07. The van der Waals surface area contributed by atoms with Crippen LogP contribution in [0.5, 0.6) is 5.75 Å². The molecule has 20 heavy (non-hydrogen) atoms. The number of carbonyl (C=O) groups excluding carboxylic acids is 1. The smallest absolute Gasteiger partial charge is 0.240 e. The zero-order valence-corrected chi connectivity index (χ0v) is 13.7. The Morgan fingerprint density at radius 2 is 2.30 bits per heavy atom. The van der Waals surface area contributed by atoms with Crippen molar-refractivity contribution >= 4 is 21.8 Å². The van der Waals surface area contributed by atoms with Gasteiger partial charge in [0.05, 0.1) is 23.2 Å². The van der Waals surface area contributed by atoms with E-state index in [1.165, 1.54) is 0 Å². The Labute approximate surface area is 128 Å². The maximum atomic E-state index is 12.3. The van der Waals surface area contributed by atoms with Crippen LogP contribution in [0.15, 0.2) is 22.7 Å². The molecule has 0 bridgehead atoms. The van der Waals surface area contributed by atoms with Gasteiger partial charge >= 0.3 is 0 Å². The number of amides is 1. The van der Waals surface area contributed by atoms with Crippen LogP contribution in [0, 0.1) is 0 Å². The highest BCUT2D eigenvalue weighted by molar-refractivity contribution is 9.10. The largest absolute Gasteiger partial charge is 0.496 e. The molecule has 1 aromatic carbocycles. The Morgan fingerprint density at radius 1 is 1.55 bits per heavy atom. The van der Waals surface area contributed by atoms with Crippen molar-refractivity contribution in [3.05, 3.63) is 28.2 Å². The zero-order chi connectivity index (χ0) is 14.8. The first-order valence-corrected chi connectivity index (χ1v) is 7.65. The van der Waals surface area contributed by atoms with Crippen molar-refractivity contribution < 1.29 is 9.53 Å². The standard InChI is InChI=1S/C15H21BrN2O2/c1-10(11-5-6-13(20-3)12(16)9-11)18-14(19)15(2)7-4-8-17-15/h5-6,9-10,17H,4,7-8H2,1-3H3,(H,18,19). The van der Waals surface area contributed by atoms with Crippen molar-refractivity contribution in [2.75, 3.05) is 13.7 Å². The number of hydrogen-bond donors (Lipinski definition) is 2. The number of rotatable bonds is 4. The first-order valence-electron chi connectivity index (χ1n) is 6.86. The summed E-state index contributed by atoms with van der Waals surface area (Å²) in [6.45, 7) is 4.86. The fourth-order valence-corrected chi connectivity index (χ4v) is 3.04. The van der Waals surface area contributed by atoms with Crippen LogP contribution in [-0.4, -0.2) is 25.1 Å². The molecule has 0 radical (unpaired) electrons. The molecule has 1 aliphatic heterocycles.